The maximum atomic E-state index is 14.0. The average Bonchev–Trinajstić information content (AvgIpc) is 3.37. The van der Waals surface area contributed by atoms with E-state index in [0.717, 1.165) is 27.9 Å². The van der Waals surface area contributed by atoms with Crippen molar-refractivity contribution in [2.75, 3.05) is 4.31 Å². The fraction of sp³-hybridized carbons (Fsp3) is 0.0938. The van der Waals surface area contributed by atoms with Crippen molar-refractivity contribution in [2.24, 2.45) is 0 Å². The van der Waals surface area contributed by atoms with Crippen LogP contribution in [0.15, 0.2) is 126 Å². The van der Waals surface area contributed by atoms with Gasteiger partial charge in [-0.25, -0.2) is 12.7 Å². The van der Waals surface area contributed by atoms with Gasteiger partial charge in [-0.3, -0.25) is 5.10 Å². The van der Waals surface area contributed by atoms with Gasteiger partial charge in [0.2, 0.25) is 0 Å². The fourth-order valence-electron chi connectivity index (χ4n) is 5.19. The number of sulfonamides is 1. The van der Waals surface area contributed by atoms with Gasteiger partial charge in [0.25, 0.3) is 10.0 Å². The van der Waals surface area contributed by atoms with E-state index in [-0.39, 0.29) is 4.90 Å². The molecule has 0 fully saturated rings. The lowest BCUT2D eigenvalue weighted by Gasteiger charge is -2.34. The Balaban J connectivity index is 1.51. The average molecular weight is 518 g/mol. The highest BCUT2D eigenvalue weighted by Gasteiger charge is 2.38. The summed E-state index contributed by atoms with van der Waals surface area (Å²) in [4.78, 5) is 0.214. The van der Waals surface area contributed by atoms with Gasteiger partial charge in [-0.15, -0.1) is 0 Å². The molecule has 0 bridgehead atoms. The summed E-state index contributed by atoms with van der Waals surface area (Å²) in [5.41, 5.74) is 5.09. The van der Waals surface area contributed by atoms with E-state index in [1.807, 2.05) is 79.7 Å². The first-order valence-corrected chi connectivity index (χ1v) is 14.0. The van der Waals surface area contributed by atoms with Gasteiger partial charge in [0.05, 0.1) is 10.6 Å². The second-order valence-corrected chi connectivity index (χ2v) is 11.4. The summed E-state index contributed by atoms with van der Waals surface area (Å²) in [5.74, 6) is 0.359. The van der Waals surface area contributed by atoms with E-state index >= 15 is 0 Å². The Hall–Kier alpha value is -4.42. The molecule has 6 rings (SSSR count). The number of nitrogens with one attached hydrogen (secondary N) is 1. The van der Waals surface area contributed by atoms with Crippen molar-refractivity contribution < 1.29 is 8.42 Å². The molecule has 1 aliphatic rings. The molecule has 1 aliphatic carbocycles. The number of para-hydroxylation sites is 1. The van der Waals surface area contributed by atoms with Gasteiger partial charge in [0, 0.05) is 23.1 Å². The minimum Gasteiger partial charge on any atom is -0.280 e. The highest BCUT2D eigenvalue weighted by atomic mass is 32.2. The standard InChI is InChI=1S/C32H27N3O2S/c1-24-17-19-28(20-18-24)38(36,37)35(27-15-9-4-10-16-27)31-29-21-22-32(23-30(29)33-34-31,25-11-5-2-6-12-25)26-13-7-3-8-14-26/h2-22H,23H2,1H3,(H,33,34). The van der Waals surface area contributed by atoms with Crippen LogP contribution in [0.25, 0.3) is 6.08 Å². The van der Waals surface area contributed by atoms with Gasteiger partial charge in [0.1, 0.15) is 0 Å². The van der Waals surface area contributed by atoms with E-state index in [0.29, 0.717) is 17.9 Å². The summed E-state index contributed by atoms with van der Waals surface area (Å²) in [6.45, 7) is 1.94. The van der Waals surface area contributed by atoms with Crippen LogP contribution in [0.3, 0.4) is 0 Å². The third kappa shape index (κ3) is 4.03. The Bertz CT molecular complexity index is 1650. The van der Waals surface area contributed by atoms with Gasteiger partial charge in [-0.2, -0.15) is 5.10 Å². The summed E-state index contributed by atoms with van der Waals surface area (Å²) in [6, 6.07) is 36.8. The van der Waals surface area contributed by atoms with Crippen molar-refractivity contribution in [1.82, 2.24) is 10.2 Å². The largest absolute Gasteiger partial charge is 0.280 e. The molecule has 1 N–H and O–H groups in total. The normalized spacial score (nSPS) is 14.1. The Morgan fingerprint density at radius 3 is 1.89 bits per heavy atom. The molecule has 4 aromatic carbocycles. The topological polar surface area (TPSA) is 66.1 Å². The number of hydrogen-bond acceptors (Lipinski definition) is 3. The van der Waals surface area contributed by atoms with Crippen LogP contribution < -0.4 is 4.31 Å². The molecular weight excluding hydrogens is 490 g/mol. The number of benzene rings is 4. The number of fused-ring (bicyclic) bond motifs is 1. The van der Waals surface area contributed by atoms with Crippen molar-refractivity contribution in [3.63, 3.8) is 0 Å². The first-order chi connectivity index (χ1) is 18.5. The van der Waals surface area contributed by atoms with Gasteiger partial charge >= 0.3 is 0 Å². The highest BCUT2D eigenvalue weighted by Crippen LogP contribution is 2.44. The lowest BCUT2D eigenvalue weighted by molar-refractivity contribution is 0.595. The highest BCUT2D eigenvalue weighted by molar-refractivity contribution is 7.93. The van der Waals surface area contributed by atoms with Crippen LogP contribution in [0.5, 0.6) is 0 Å². The predicted molar refractivity (Wildman–Crippen MR) is 152 cm³/mol. The third-order valence-electron chi connectivity index (χ3n) is 7.17. The molecule has 1 heterocycles. The molecule has 5 aromatic rings. The van der Waals surface area contributed by atoms with Crippen LogP contribution in [0, 0.1) is 6.92 Å². The number of allylic oxidation sites excluding steroid dienone is 1. The first kappa shape index (κ1) is 23.9. The van der Waals surface area contributed by atoms with Gasteiger partial charge < -0.3 is 0 Å². The second-order valence-electron chi connectivity index (χ2n) is 9.57. The number of aryl methyl sites for hydroxylation is 1. The smallest absolute Gasteiger partial charge is 0.269 e. The number of hydrogen-bond donors (Lipinski definition) is 1. The maximum Gasteiger partial charge on any atom is 0.269 e. The summed E-state index contributed by atoms with van der Waals surface area (Å²) in [5, 5.41) is 7.80. The van der Waals surface area contributed by atoms with Crippen molar-refractivity contribution in [2.45, 2.75) is 23.7 Å². The summed E-state index contributed by atoms with van der Waals surface area (Å²) in [7, 11) is -3.94. The molecule has 0 saturated carbocycles. The molecule has 0 aliphatic heterocycles. The zero-order valence-electron chi connectivity index (χ0n) is 21.0. The molecular formula is C32H27N3O2S. The van der Waals surface area contributed by atoms with Gasteiger partial charge in [-0.05, 0) is 42.3 Å². The van der Waals surface area contributed by atoms with E-state index in [2.05, 4.69) is 40.5 Å². The Kier molecular flexibility index (Phi) is 5.97. The number of aromatic amines is 1. The molecule has 0 radical (unpaired) electrons. The van der Waals surface area contributed by atoms with Crippen molar-refractivity contribution in [1.29, 1.82) is 0 Å². The zero-order valence-corrected chi connectivity index (χ0v) is 21.8. The lowest BCUT2D eigenvalue weighted by Crippen LogP contribution is -2.31. The van der Waals surface area contributed by atoms with Gasteiger partial charge in [0.15, 0.2) is 5.82 Å². The lowest BCUT2D eigenvalue weighted by atomic mass is 9.68. The number of rotatable bonds is 6. The van der Waals surface area contributed by atoms with Crippen LogP contribution in [-0.2, 0) is 21.9 Å². The third-order valence-corrected chi connectivity index (χ3v) is 8.91. The van der Waals surface area contributed by atoms with Crippen molar-refractivity contribution >= 4 is 27.6 Å². The van der Waals surface area contributed by atoms with E-state index in [1.54, 1.807) is 24.3 Å². The summed E-state index contributed by atoms with van der Waals surface area (Å²) in [6.07, 6.45) is 4.81. The molecule has 0 atom stereocenters. The molecule has 5 nitrogen and oxygen atoms in total. The van der Waals surface area contributed by atoms with Crippen LogP contribution in [0.2, 0.25) is 0 Å². The molecule has 6 heteroatoms. The van der Waals surface area contributed by atoms with Crippen molar-refractivity contribution in [3.05, 3.63) is 149 Å². The zero-order chi connectivity index (χ0) is 26.2. The molecule has 0 spiro atoms. The van der Waals surface area contributed by atoms with E-state index in [9.17, 15) is 8.42 Å². The molecule has 188 valence electrons. The maximum absolute atomic E-state index is 14.0. The number of H-pyrrole nitrogens is 1. The summed E-state index contributed by atoms with van der Waals surface area (Å²) < 4.78 is 29.4. The van der Waals surface area contributed by atoms with E-state index in [4.69, 9.17) is 0 Å². The number of anilines is 2. The van der Waals surface area contributed by atoms with Crippen LogP contribution in [0.1, 0.15) is 27.9 Å². The Labute approximate surface area is 223 Å². The fourth-order valence-corrected chi connectivity index (χ4v) is 6.65. The summed E-state index contributed by atoms with van der Waals surface area (Å²) >= 11 is 0. The minimum atomic E-state index is -3.94. The SMILES string of the molecule is Cc1ccc(S(=O)(=O)N(c2ccccc2)c2n[nH]c3c2C=CC(c2ccccc2)(c2ccccc2)C3)cc1. The van der Waals surface area contributed by atoms with Crippen LogP contribution in [0.4, 0.5) is 11.5 Å². The van der Waals surface area contributed by atoms with E-state index < -0.39 is 15.4 Å². The number of aromatic nitrogens is 2. The van der Waals surface area contributed by atoms with Crippen LogP contribution in [-0.4, -0.2) is 18.6 Å². The predicted octanol–water partition coefficient (Wildman–Crippen LogP) is 6.80. The molecule has 1 aromatic heterocycles. The minimum absolute atomic E-state index is 0.214. The van der Waals surface area contributed by atoms with Gasteiger partial charge in [-0.1, -0.05) is 109 Å². The quantitative estimate of drug-likeness (QED) is 0.269. The van der Waals surface area contributed by atoms with E-state index in [1.165, 1.54) is 4.31 Å². The second kappa shape index (κ2) is 9.47. The number of nitrogens with zero attached hydrogens (tertiary/aromatic N) is 2. The Morgan fingerprint density at radius 2 is 1.32 bits per heavy atom. The Morgan fingerprint density at radius 1 is 0.763 bits per heavy atom. The van der Waals surface area contributed by atoms with Crippen molar-refractivity contribution in [3.8, 4) is 0 Å². The molecule has 0 amide bonds. The first-order valence-electron chi connectivity index (χ1n) is 12.5. The molecule has 38 heavy (non-hydrogen) atoms. The van der Waals surface area contributed by atoms with Crippen LogP contribution >= 0.6 is 0 Å². The monoisotopic (exact) mass is 517 g/mol. The molecule has 0 unspecified atom stereocenters. The molecule has 0 saturated heterocycles.